The maximum absolute atomic E-state index is 11.0. The van der Waals surface area contributed by atoms with E-state index < -0.39 is 0 Å². The van der Waals surface area contributed by atoms with Crippen LogP contribution in [0.3, 0.4) is 0 Å². The molecule has 0 bridgehead atoms. The molecule has 1 heterocycles. The molecule has 1 rings (SSSR count). The number of hydrogen-bond donors (Lipinski definition) is 1. The van der Waals surface area contributed by atoms with E-state index >= 15 is 0 Å². The Morgan fingerprint density at radius 1 is 1.73 bits per heavy atom. The van der Waals surface area contributed by atoms with Crippen molar-refractivity contribution in [1.29, 1.82) is 0 Å². The quantitative estimate of drug-likeness (QED) is 0.547. The summed E-state index contributed by atoms with van der Waals surface area (Å²) in [5.74, 6) is 0. The van der Waals surface area contributed by atoms with E-state index in [4.69, 9.17) is 5.73 Å². The number of nitrogens with zero attached hydrogens (tertiary/aromatic N) is 1. The highest BCUT2D eigenvalue weighted by atomic mass is 16.5. The monoisotopic (exact) mass is 158 g/mol. The summed E-state index contributed by atoms with van der Waals surface area (Å²) in [6.45, 7) is 2.59. The fourth-order valence-electron chi connectivity index (χ4n) is 1.44. The zero-order valence-corrected chi connectivity index (χ0v) is 6.91. The SMILES string of the molecule is COC(=O)N1CC(N)CC1C. The summed E-state index contributed by atoms with van der Waals surface area (Å²) in [6.07, 6.45) is 0.597. The van der Waals surface area contributed by atoms with Crippen LogP contribution in [0.15, 0.2) is 0 Å². The van der Waals surface area contributed by atoms with Crippen molar-refractivity contribution in [3.05, 3.63) is 0 Å². The van der Waals surface area contributed by atoms with E-state index in [1.807, 2.05) is 6.92 Å². The van der Waals surface area contributed by atoms with Crippen LogP contribution in [0.5, 0.6) is 0 Å². The lowest BCUT2D eigenvalue weighted by molar-refractivity contribution is 0.121. The second-order valence-electron chi connectivity index (χ2n) is 2.97. The highest BCUT2D eigenvalue weighted by Gasteiger charge is 2.30. The molecular formula is C7H14N2O2. The third-order valence-electron chi connectivity index (χ3n) is 2.02. The summed E-state index contributed by atoms with van der Waals surface area (Å²) >= 11 is 0. The predicted molar refractivity (Wildman–Crippen MR) is 41.2 cm³/mol. The summed E-state index contributed by atoms with van der Waals surface area (Å²) in [5.41, 5.74) is 5.66. The molecule has 0 aliphatic carbocycles. The molecule has 64 valence electrons. The van der Waals surface area contributed by atoms with Crippen LogP contribution >= 0.6 is 0 Å². The normalized spacial score (nSPS) is 30.6. The van der Waals surface area contributed by atoms with E-state index in [0.717, 1.165) is 6.42 Å². The van der Waals surface area contributed by atoms with E-state index in [9.17, 15) is 4.79 Å². The zero-order valence-electron chi connectivity index (χ0n) is 6.91. The number of methoxy groups -OCH3 is 1. The molecular weight excluding hydrogens is 144 g/mol. The van der Waals surface area contributed by atoms with Crippen LogP contribution in [0.4, 0.5) is 4.79 Å². The van der Waals surface area contributed by atoms with Gasteiger partial charge in [-0.15, -0.1) is 0 Å². The first-order chi connectivity index (χ1) is 5.15. The maximum Gasteiger partial charge on any atom is 0.409 e. The van der Waals surface area contributed by atoms with E-state index in [1.54, 1.807) is 4.90 Å². The smallest absolute Gasteiger partial charge is 0.409 e. The molecule has 1 saturated heterocycles. The van der Waals surface area contributed by atoms with E-state index in [1.165, 1.54) is 7.11 Å². The molecule has 1 fully saturated rings. The van der Waals surface area contributed by atoms with E-state index in [0.29, 0.717) is 6.54 Å². The van der Waals surface area contributed by atoms with Gasteiger partial charge in [0.05, 0.1) is 7.11 Å². The second kappa shape index (κ2) is 3.09. The number of carbonyl (C=O) groups excluding carboxylic acids is 1. The highest BCUT2D eigenvalue weighted by molar-refractivity contribution is 5.68. The molecule has 0 aromatic carbocycles. The summed E-state index contributed by atoms with van der Waals surface area (Å²) in [7, 11) is 1.39. The van der Waals surface area contributed by atoms with Gasteiger partial charge < -0.3 is 15.4 Å². The van der Waals surface area contributed by atoms with Gasteiger partial charge in [-0.1, -0.05) is 0 Å². The van der Waals surface area contributed by atoms with Gasteiger partial charge in [0.25, 0.3) is 0 Å². The number of ether oxygens (including phenoxy) is 1. The first-order valence-corrected chi connectivity index (χ1v) is 3.75. The van der Waals surface area contributed by atoms with Gasteiger partial charge in [-0.3, -0.25) is 0 Å². The fraction of sp³-hybridized carbons (Fsp3) is 0.857. The van der Waals surface area contributed by atoms with Crippen LogP contribution in [0, 0.1) is 0 Å². The largest absolute Gasteiger partial charge is 0.453 e. The number of rotatable bonds is 0. The van der Waals surface area contributed by atoms with Crippen LogP contribution in [-0.4, -0.2) is 36.7 Å². The summed E-state index contributed by atoms with van der Waals surface area (Å²) in [4.78, 5) is 12.7. The Morgan fingerprint density at radius 3 is 2.73 bits per heavy atom. The van der Waals surface area contributed by atoms with Gasteiger partial charge >= 0.3 is 6.09 Å². The molecule has 0 saturated carbocycles. The Balaban J connectivity index is 2.52. The Kier molecular flexibility index (Phi) is 2.34. The van der Waals surface area contributed by atoms with Crippen molar-refractivity contribution < 1.29 is 9.53 Å². The van der Waals surface area contributed by atoms with Crippen LogP contribution in [0.2, 0.25) is 0 Å². The Hall–Kier alpha value is -0.770. The van der Waals surface area contributed by atoms with Crippen molar-refractivity contribution in [2.75, 3.05) is 13.7 Å². The Morgan fingerprint density at radius 2 is 2.36 bits per heavy atom. The van der Waals surface area contributed by atoms with Gasteiger partial charge in [0, 0.05) is 18.6 Å². The average Bonchev–Trinajstić information content (AvgIpc) is 2.28. The lowest BCUT2D eigenvalue weighted by atomic mass is 10.2. The van der Waals surface area contributed by atoms with Crippen LogP contribution in [-0.2, 0) is 4.74 Å². The molecule has 4 heteroatoms. The Labute approximate surface area is 66.3 Å². The lowest BCUT2D eigenvalue weighted by Crippen LogP contribution is -2.35. The number of amides is 1. The average molecular weight is 158 g/mol. The van der Waals surface area contributed by atoms with Gasteiger partial charge in [-0.2, -0.15) is 0 Å². The van der Waals surface area contributed by atoms with E-state index in [2.05, 4.69) is 4.74 Å². The van der Waals surface area contributed by atoms with Crippen LogP contribution in [0.25, 0.3) is 0 Å². The first kappa shape index (κ1) is 8.33. The van der Waals surface area contributed by atoms with Gasteiger partial charge in [0.15, 0.2) is 0 Å². The predicted octanol–water partition coefficient (Wildman–Crippen LogP) is 0.174. The molecule has 1 aliphatic heterocycles. The number of likely N-dealkylation sites (tertiary alicyclic amines) is 1. The van der Waals surface area contributed by atoms with Crippen molar-refractivity contribution in [3.63, 3.8) is 0 Å². The summed E-state index contributed by atoms with van der Waals surface area (Å²) in [5, 5.41) is 0. The first-order valence-electron chi connectivity index (χ1n) is 3.75. The van der Waals surface area contributed by atoms with Gasteiger partial charge in [-0.25, -0.2) is 4.79 Å². The van der Waals surface area contributed by atoms with Crippen LogP contribution in [0.1, 0.15) is 13.3 Å². The van der Waals surface area contributed by atoms with Crippen molar-refractivity contribution in [2.45, 2.75) is 25.4 Å². The van der Waals surface area contributed by atoms with Gasteiger partial charge in [-0.05, 0) is 13.3 Å². The minimum atomic E-state index is -0.273. The third kappa shape index (κ3) is 1.63. The second-order valence-corrected chi connectivity index (χ2v) is 2.97. The maximum atomic E-state index is 11.0. The third-order valence-corrected chi connectivity index (χ3v) is 2.02. The van der Waals surface area contributed by atoms with Gasteiger partial charge in [0.1, 0.15) is 0 Å². The molecule has 4 nitrogen and oxygen atoms in total. The van der Waals surface area contributed by atoms with Crippen molar-refractivity contribution in [2.24, 2.45) is 5.73 Å². The molecule has 0 spiro atoms. The van der Waals surface area contributed by atoms with Gasteiger partial charge in [0.2, 0.25) is 0 Å². The molecule has 11 heavy (non-hydrogen) atoms. The molecule has 2 N–H and O–H groups in total. The lowest BCUT2D eigenvalue weighted by Gasteiger charge is -2.18. The topological polar surface area (TPSA) is 55.6 Å². The minimum absolute atomic E-state index is 0.115. The molecule has 0 aromatic rings. The number of carbonyl (C=O) groups is 1. The molecule has 0 radical (unpaired) electrons. The van der Waals surface area contributed by atoms with Crippen LogP contribution < -0.4 is 5.73 Å². The van der Waals surface area contributed by atoms with E-state index in [-0.39, 0.29) is 18.2 Å². The minimum Gasteiger partial charge on any atom is -0.453 e. The fourth-order valence-corrected chi connectivity index (χ4v) is 1.44. The molecule has 1 amide bonds. The van der Waals surface area contributed by atoms with Crippen molar-refractivity contribution in [1.82, 2.24) is 4.90 Å². The summed E-state index contributed by atoms with van der Waals surface area (Å²) < 4.78 is 4.58. The molecule has 1 aliphatic rings. The zero-order chi connectivity index (χ0) is 8.43. The summed E-state index contributed by atoms with van der Waals surface area (Å²) in [6, 6.07) is 0.335. The van der Waals surface area contributed by atoms with Crippen molar-refractivity contribution in [3.8, 4) is 0 Å². The molecule has 0 aromatic heterocycles. The molecule has 2 unspecified atom stereocenters. The Bertz CT molecular complexity index is 161. The number of nitrogens with two attached hydrogens (primary N) is 1. The van der Waals surface area contributed by atoms with Crippen molar-refractivity contribution >= 4 is 6.09 Å². The number of hydrogen-bond acceptors (Lipinski definition) is 3. The standard InChI is InChI=1S/C7H14N2O2/c1-5-3-6(8)4-9(5)7(10)11-2/h5-6H,3-4,8H2,1-2H3. The molecule has 2 atom stereocenters. The highest BCUT2D eigenvalue weighted by Crippen LogP contribution is 2.16.